The Labute approximate surface area is 190 Å². The van der Waals surface area contributed by atoms with Crippen molar-refractivity contribution in [3.63, 3.8) is 0 Å². The molecule has 1 rings (SSSR count). The molecule has 0 radical (unpaired) electrons. The minimum atomic E-state index is -4.42. The Kier molecular flexibility index (Phi) is 14.6. The average molecular weight is 496 g/mol. The summed E-state index contributed by atoms with van der Waals surface area (Å²) in [6.07, 6.45) is -1.16. The maximum Gasteiger partial charge on any atom is 0.408 e. The molecule has 0 spiro atoms. The predicted octanol–water partition coefficient (Wildman–Crippen LogP) is 0.722. The van der Waals surface area contributed by atoms with Gasteiger partial charge in [0.2, 0.25) is 5.91 Å². The molecule has 0 unspecified atom stereocenters. The van der Waals surface area contributed by atoms with Gasteiger partial charge < -0.3 is 31.3 Å². The molecule has 1 amide bonds. The van der Waals surface area contributed by atoms with E-state index in [1.54, 1.807) is 0 Å². The highest BCUT2D eigenvalue weighted by molar-refractivity contribution is 7.99. The maximum absolute atomic E-state index is 12.1. The fourth-order valence-corrected chi connectivity index (χ4v) is 2.38. The number of methoxy groups -OCH3 is 1. The van der Waals surface area contributed by atoms with Crippen molar-refractivity contribution in [2.45, 2.75) is 17.8 Å². The zero-order valence-electron chi connectivity index (χ0n) is 17.3. The number of hydrogen-bond donors (Lipinski definition) is 5. The summed E-state index contributed by atoms with van der Waals surface area (Å²) in [4.78, 5) is 41.6. The maximum atomic E-state index is 12.1. The van der Waals surface area contributed by atoms with Gasteiger partial charge in [-0.25, -0.2) is 24.5 Å². The van der Waals surface area contributed by atoms with E-state index in [9.17, 15) is 27.6 Å². The van der Waals surface area contributed by atoms with Crippen LogP contribution in [0.3, 0.4) is 0 Å². The van der Waals surface area contributed by atoms with E-state index in [-0.39, 0.29) is 24.3 Å². The standard InChI is InChI=1S/C13H19F3N6O2S.C4H4O4/c1-24-7-10(23)18-4-2-6-25-12-19-5-3-9(22-12)21-11(17)20-8-13(14,15)16;5-3(6)1-2-4(7)8/h3,5H,2,4,6-8H2,1H3,(H,18,23)(H3,17,19,20,21,22);1-2H,(H,5,6)(H,7,8)/b;2-1-. The van der Waals surface area contributed by atoms with Crippen LogP contribution in [0.15, 0.2) is 34.6 Å². The number of thioether (sulfide) groups is 1. The molecule has 0 aliphatic rings. The summed E-state index contributed by atoms with van der Waals surface area (Å²) in [5.41, 5.74) is 5.38. The van der Waals surface area contributed by atoms with Crippen molar-refractivity contribution < 1.29 is 42.5 Å². The van der Waals surface area contributed by atoms with Gasteiger partial charge in [0.15, 0.2) is 11.1 Å². The van der Waals surface area contributed by atoms with E-state index in [4.69, 9.17) is 15.9 Å². The third-order valence-corrected chi connectivity index (χ3v) is 3.78. The average Bonchev–Trinajstić information content (AvgIpc) is 2.71. The summed E-state index contributed by atoms with van der Waals surface area (Å²) in [6.45, 7) is -0.862. The molecule has 184 valence electrons. The molecule has 1 aromatic heterocycles. The summed E-state index contributed by atoms with van der Waals surface area (Å²) < 4.78 is 40.9. The number of nitrogens with two attached hydrogens (primary N) is 1. The lowest BCUT2D eigenvalue weighted by atomic mass is 10.4. The van der Waals surface area contributed by atoms with Gasteiger partial charge in [-0.2, -0.15) is 13.2 Å². The van der Waals surface area contributed by atoms with Crippen molar-refractivity contribution in [1.82, 2.24) is 15.3 Å². The molecule has 16 heteroatoms. The number of carbonyl (C=O) groups is 3. The first kappa shape index (κ1) is 29.6. The fourth-order valence-electron chi connectivity index (χ4n) is 1.61. The van der Waals surface area contributed by atoms with E-state index in [2.05, 4.69) is 30.3 Å². The zero-order chi connectivity index (χ0) is 25.3. The number of aromatic nitrogens is 2. The number of halogens is 3. The normalized spacial score (nSPS) is 11.5. The summed E-state index contributed by atoms with van der Waals surface area (Å²) >= 11 is 1.34. The van der Waals surface area contributed by atoms with Gasteiger partial charge in [-0.15, -0.1) is 0 Å². The number of ether oxygens (including phenoxy) is 1. The second kappa shape index (κ2) is 16.3. The van der Waals surface area contributed by atoms with Crippen LogP contribution in [-0.4, -0.2) is 82.7 Å². The number of anilines is 1. The third kappa shape index (κ3) is 19.0. The summed E-state index contributed by atoms with van der Waals surface area (Å²) in [6, 6.07) is 1.46. The number of carboxylic acids is 2. The Morgan fingerprint density at radius 3 is 2.45 bits per heavy atom. The van der Waals surface area contributed by atoms with Crippen molar-refractivity contribution in [2.75, 3.05) is 37.9 Å². The lowest BCUT2D eigenvalue weighted by Gasteiger charge is -2.07. The van der Waals surface area contributed by atoms with Crippen molar-refractivity contribution in [1.29, 1.82) is 0 Å². The highest BCUT2D eigenvalue weighted by Crippen LogP contribution is 2.16. The molecular formula is C17H23F3N6O6S. The van der Waals surface area contributed by atoms with Crippen LogP contribution >= 0.6 is 11.8 Å². The molecular weight excluding hydrogens is 473 g/mol. The summed E-state index contributed by atoms with van der Waals surface area (Å²) in [5.74, 6) is -2.19. The molecule has 0 aromatic carbocycles. The van der Waals surface area contributed by atoms with Gasteiger partial charge in [0.1, 0.15) is 19.0 Å². The number of carboxylic acid groups (broad SMARTS) is 2. The van der Waals surface area contributed by atoms with Crippen molar-refractivity contribution in [3.8, 4) is 0 Å². The molecule has 0 saturated carbocycles. The largest absolute Gasteiger partial charge is 0.478 e. The first-order valence-electron chi connectivity index (χ1n) is 8.92. The van der Waals surface area contributed by atoms with Crippen LogP contribution in [0.1, 0.15) is 6.42 Å². The molecule has 6 N–H and O–H groups in total. The lowest BCUT2D eigenvalue weighted by Crippen LogP contribution is -2.28. The molecule has 0 fully saturated rings. The van der Waals surface area contributed by atoms with Crippen molar-refractivity contribution in [3.05, 3.63) is 24.4 Å². The molecule has 12 nitrogen and oxygen atoms in total. The number of rotatable bonds is 11. The Bertz CT molecular complexity index is 822. The fraction of sp³-hybridized carbons (Fsp3) is 0.412. The number of hydrogen-bond acceptors (Lipinski definition) is 8. The molecule has 0 bridgehead atoms. The molecule has 0 aliphatic heterocycles. The minimum absolute atomic E-state index is 0.0152. The van der Waals surface area contributed by atoms with Gasteiger partial charge in [-0.3, -0.25) is 4.79 Å². The molecule has 1 aromatic rings. The molecule has 33 heavy (non-hydrogen) atoms. The summed E-state index contributed by atoms with van der Waals surface area (Å²) in [5, 5.41) is 21.2. The van der Waals surface area contributed by atoms with E-state index in [1.807, 2.05) is 0 Å². The Balaban J connectivity index is 0.00000109. The van der Waals surface area contributed by atoms with Gasteiger partial charge in [0, 0.05) is 37.8 Å². The van der Waals surface area contributed by atoms with Crippen LogP contribution < -0.4 is 16.4 Å². The number of aliphatic imine (C=N–C) groups is 1. The van der Waals surface area contributed by atoms with Crippen molar-refractivity contribution in [2.24, 2.45) is 10.7 Å². The van der Waals surface area contributed by atoms with Crippen LogP contribution in [0.2, 0.25) is 0 Å². The number of aliphatic carboxylic acids is 2. The monoisotopic (exact) mass is 496 g/mol. The first-order valence-corrected chi connectivity index (χ1v) is 9.90. The van der Waals surface area contributed by atoms with E-state index < -0.39 is 24.7 Å². The Morgan fingerprint density at radius 2 is 1.91 bits per heavy atom. The van der Waals surface area contributed by atoms with Crippen LogP contribution in [0.5, 0.6) is 0 Å². The number of carbonyl (C=O) groups excluding carboxylic acids is 1. The van der Waals surface area contributed by atoms with Crippen LogP contribution in [0.25, 0.3) is 0 Å². The topological polar surface area (TPSA) is 189 Å². The number of nitrogens with zero attached hydrogens (tertiary/aromatic N) is 3. The smallest absolute Gasteiger partial charge is 0.408 e. The third-order valence-electron chi connectivity index (χ3n) is 2.84. The van der Waals surface area contributed by atoms with Crippen LogP contribution in [0.4, 0.5) is 19.0 Å². The van der Waals surface area contributed by atoms with Crippen molar-refractivity contribution >= 4 is 41.4 Å². The number of nitrogens with one attached hydrogen (secondary N) is 2. The Morgan fingerprint density at radius 1 is 1.27 bits per heavy atom. The SMILES string of the molecule is COCC(=O)NCCCSc1nccc(NC(N)=NCC(F)(F)F)n1.O=C(O)/C=C\C(=O)O. The second-order valence-electron chi connectivity index (χ2n) is 5.66. The van der Waals surface area contributed by atoms with Gasteiger partial charge in [0.25, 0.3) is 0 Å². The minimum Gasteiger partial charge on any atom is -0.478 e. The van der Waals surface area contributed by atoms with Gasteiger partial charge >= 0.3 is 18.1 Å². The summed E-state index contributed by atoms with van der Waals surface area (Å²) in [7, 11) is 1.44. The number of amides is 1. The lowest BCUT2D eigenvalue weighted by molar-refractivity contribution is -0.134. The second-order valence-corrected chi connectivity index (χ2v) is 6.72. The predicted molar refractivity (Wildman–Crippen MR) is 113 cm³/mol. The Hall–Kier alpha value is -3.40. The zero-order valence-corrected chi connectivity index (χ0v) is 18.1. The highest BCUT2D eigenvalue weighted by Gasteiger charge is 2.26. The molecule has 0 atom stereocenters. The van der Waals surface area contributed by atoms with Crippen LogP contribution in [0, 0.1) is 0 Å². The highest BCUT2D eigenvalue weighted by atomic mass is 32.2. The number of alkyl halides is 3. The van der Waals surface area contributed by atoms with Crippen LogP contribution in [-0.2, 0) is 19.1 Å². The van der Waals surface area contributed by atoms with E-state index >= 15 is 0 Å². The van der Waals surface area contributed by atoms with E-state index in [0.717, 1.165) is 0 Å². The van der Waals surface area contributed by atoms with E-state index in [1.165, 1.54) is 31.1 Å². The molecule has 0 saturated heterocycles. The quantitative estimate of drug-likeness (QED) is 0.0725. The van der Waals surface area contributed by atoms with Gasteiger partial charge in [-0.05, 0) is 12.5 Å². The van der Waals surface area contributed by atoms with Gasteiger partial charge in [0.05, 0.1) is 0 Å². The number of guanidine groups is 1. The molecule has 0 aliphatic carbocycles. The molecule has 1 heterocycles. The first-order chi connectivity index (χ1) is 15.4. The van der Waals surface area contributed by atoms with Gasteiger partial charge in [-0.1, -0.05) is 11.8 Å². The van der Waals surface area contributed by atoms with E-state index in [0.29, 0.717) is 36.0 Å².